The summed E-state index contributed by atoms with van der Waals surface area (Å²) in [5.41, 5.74) is 1.37. The first kappa shape index (κ1) is 12.5. The van der Waals surface area contributed by atoms with Gasteiger partial charge in [0.05, 0.1) is 6.10 Å². The molecule has 3 rings (SSSR count). The highest BCUT2D eigenvalue weighted by atomic mass is 32.2. The fourth-order valence-corrected chi connectivity index (χ4v) is 3.12. The third kappa shape index (κ3) is 2.90. The molecule has 2 aliphatic rings. The molecule has 0 bridgehead atoms. The molecule has 1 aliphatic heterocycles. The van der Waals surface area contributed by atoms with Crippen LogP contribution in [0.4, 0.5) is 0 Å². The van der Waals surface area contributed by atoms with Gasteiger partial charge in [0.2, 0.25) is 0 Å². The van der Waals surface area contributed by atoms with Crippen LogP contribution in [0.5, 0.6) is 0 Å². The minimum absolute atomic E-state index is 0.482. The van der Waals surface area contributed by atoms with Crippen molar-refractivity contribution in [3.63, 3.8) is 0 Å². The first-order valence-electron chi connectivity index (χ1n) is 6.85. The zero-order chi connectivity index (χ0) is 12.4. The van der Waals surface area contributed by atoms with Crippen molar-refractivity contribution in [3.8, 4) is 0 Å². The summed E-state index contributed by atoms with van der Waals surface area (Å²) in [5, 5.41) is 3.67. The molecule has 18 heavy (non-hydrogen) atoms. The van der Waals surface area contributed by atoms with Crippen LogP contribution in [0, 0.1) is 5.92 Å². The van der Waals surface area contributed by atoms with Gasteiger partial charge in [0.15, 0.2) is 0 Å². The Kier molecular flexibility index (Phi) is 3.92. The Bertz CT molecular complexity index is 388. The highest BCUT2D eigenvalue weighted by molar-refractivity contribution is 7.98. The first-order valence-corrected chi connectivity index (χ1v) is 8.07. The topological polar surface area (TPSA) is 21.3 Å². The molecule has 1 aliphatic carbocycles. The number of ether oxygens (including phenoxy) is 1. The third-order valence-corrected chi connectivity index (χ3v) is 4.69. The predicted molar refractivity (Wildman–Crippen MR) is 75.9 cm³/mol. The highest BCUT2D eigenvalue weighted by Crippen LogP contribution is 2.38. The van der Waals surface area contributed by atoms with Gasteiger partial charge in [-0.1, -0.05) is 12.1 Å². The molecule has 0 radical (unpaired) electrons. The lowest BCUT2D eigenvalue weighted by molar-refractivity contribution is 0.0809. The Balaban J connectivity index is 1.53. The van der Waals surface area contributed by atoms with Crippen LogP contribution in [0.1, 0.15) is 24.8 Å². The van der Waals surface area contributed by atoms with Gasteiger partial charge in [-0.15, -0.1) is 11.8 Å². The average molecular weight is 263 g/mol. The van der Waals surface area contributed by atoms with Gasteiger partial charge in [0.1, 0.15) is 0 Å². The fraction of sp³-hybridized carbons (Fsp3) is 0.600. The maximum absolute atomic E-state index is 5.85. The van der Waals surface area contributed by atoms with Crippen LogP contribution >= 0.6 is 11.8 Å². The Hall–Kier alpha value is -0.510. The number of hydrogen-bond acceptors (Lipinski definition) is 3. The minimum Gasteiger partial charge on any atom is -0.376 e. The van der Waals surface area contributed by atoms with E-state index < -0.39 is 0 Å². The maximum atomic E-state index is 5.85. The molecule has 1 N–H and O–H groups in total. The van der Waals surface area contributed by atoms with Gasteiger partial charge in [0, 0.05) is 24.1 Å². The number of benzene rings is 1. The molecule has 2 unspecified atom stereocenters. The Morgan fingerprint density at radius 3 is 2.67 bits per heavy atom. The molecule has 0 aromatic heterocycles. The Morgan fingerprint density at radius 1 is 1.22 bits per heavy atom. The molecule has 2 nitrogen and oxygen atoms in total. The molecule has 0 spiro atoms. The fourth-order valence-electron chi connectivity index (χ4n) is 2.71. The van der Waals surface area contributed by atoms with Crippen LogP contribution in [0.2, 0.25) is 0 Å². The third-order valence-electron chi connectivity index (χ3n) is 3.95. The van der Waals surface area contributed by atoms with Gasteiger partial charge < -0.3 is 10.1 Å². The van der Waals surface area contributed by atoms with Crippen LogP contribution in [0.25, 0.3) is 0 Å². The summed E-state index contributed by atoms with van der Waals surface area (Å²) in [5.74, 6) is 0.837. The largest absolute Gasteiger partial charge is 0.376 e. The standard InChI is InChI=1S/C15H21NOS/c1-18-13-6-2-11(3-7-13)10-16-14-8-9-17-15(14)12-4-5-12/h2-3,6-7,12,14-16H,4-5,8-10H2,1H3. The van der Waals surface area contributed by atoms with Gasteiger partial charge in [-0.3, -0.25) is 0 Å². The summed E-state index contributed by atoms with van der Waals surface area (Å²) in [7, 11) is 0. The van der Waals surface area contributed by atoms with Crippen LogP contribution in [-0.2, 0) is 11.3 Å². The SMILES string of the molecule is CSc1ccc(CNC2CCOC2C2CC2)cc1. The number of hydrogen-bond donors (Lipinski definition) is 1. The number of rotatable bonds is 5. The van der Waals surface area contributed by atoms with Crippen LogP contribution in [0.15, 0.2) is 29.2 Å². The van der Waals surface area contributed by atoms with E-state index in [4.69, 9.17) is 4.74 Å². The van der Waals surface area contributed by atoms with Gasteiger partial charge in [-0.05, 0) is 49.1 Å². The van der Waals surface area contributed by atoms with E-state index in [9.17, 15) is 0 Å². The summed E-state index contributed by atoms with van der Waals surface area (Å²) in [6.45, 7) is 1.90. The van der Waals surface area contributed by atoms with Crippen molar-refractivity contribution >= 4 is 11.8 Å². The lowest BCUT2D eigenvalue weighted by atomic mass is 10.1. The molecule has 1 heterocycles. The Morgan fingerprint density at radius 2 is 2.00 bits per heavy atom. The maximum Gasteiger partial charge on any atom is 0.0757 e. The van der Waals surface area contributed by atoms with E-state index in [2.05, 4.69) is 35.8 Å². The molecule has 1 saturated carbocycles. The second-order valence-electron chi connectivity index (χ2n) is 5.30. The summed E-state index contributed by atoms with van der Waals surface area (Å²) in [4.78, 5) is 1.33. The second kappa shape index (κ2) is 5.64. The summed E-state index contributed by atoms with van der Waals surface area (Å²) in [6.07, 6.45) is 6.50. The van der Waals surface area contributed by atoms with Crippen molar-refractivity contribution < 1.29 is 4.74 Å². The summed E-state index contributed by atoms with van der Waals surface area (Å²) < 4.78 is 5.85. The zero-order valence-corrected chi connectivity index (χ0v) is 11.7. The molecule has 3 heteroatoms. The molecule has 0 amide bonds. The second-order valence-corrected chi connectivity index (χ2v) is 6.18. The van der Waals surface area contributed by atoms with Gasteiger partial charge in [0.25, 0.3) is 0 Å². The smallest absolute Gasteiger partial charge is 0.0757 e. The van der Waals surface area contributed by atoms with Gasteiger partial charge in [-0.25, -0.2) is 0 Å². The van der Waals surface area contributed by atoms with E-state index >= 15 is 0 Å². The van der Waals surface area contributed by atoms with Crippen LogP contribution < -0.4 is 5.32 Å². The molecule has 1 aromatic carbocycles. The molecule has 2 atom stereocenters. The normalized spacial score (nSPS) is 27.6. The van der Waals surface area contributed by atoms with Crippen molar-refractivity contribution in [1.82, 2.24) is 5.32 Å². The van der Waals surface area contributed by atoms with E-state index in [1.54, 1.807) is 11.8 Å². The summed E-state index contributed by atoms with van der Waals surface area (Å²) >= 11 is 1.79. The monoisotopic (exact) mass is 263 g/mol. The molecular formula is C15H21NOS. The van der Waals surface area contributed by atoms with Crippen molar-refractivity contribution in [1.29, 1.82) is 0 Å². The predicted octanol–water partition coefficient (Wildman–Crippen LogP) is 3.07. The van der Waals surface area contributed by atoms with Crippen molar-refractivity contribution in [3.05, 3.63) is 29.8 Å². The van der Waals surface area contributed by atoms with Gasteiger partial charge >= 0.3 is 0 Å². The van der Waals surface area contributed by atoms with E-state index in [1.165, 1.54) is 29.7 Å². The van der Waals surface area contributed by atoms with Crippen molar-refractivity contribution in [2.24, 2.45) is 5.92 Å². The quantitative estimate of drug-likeness (QED) is 0.825. The summed E-state index contributed by atoms with van der Waals surface area (Å²) in [6, 6.07) is 9.41. The number of thioether (sulfide) groups is 1. The molecule has 2 fully saturated rings. The van der Waals surface area contributed by atoms with E-state index in [0.29, 0.717) is 12.1 Å². The van der Waals surface area contributed by atoms with Crippen LogP contribution in [0.3, 0.4) is 0 Å². The van der Waals surface area contributed by atoms with Crippen LogP contribution in [-0.4, -0.2) is 25.0 Å². The molecule has 1 aromatic rings. The van der Waals surface area contributed by atoms with Crippen molar-refractivity contribution in [2.75, 3.05) is 12.9 Å². The first-order chi connectivity index (χ1) is 8.86. The number of nitrogens with one attached hydrogen (secondary N) is 1. The molecular weight excluding hydrogens is 242 g/mol. The average Bonchev–Trinajstić information content (AvgIpc) is 3.16. The van der Waals surface area contributed by atoms with E-state index in [0.717, 1.165) is 19.1 Å². The highest BCUT2D eigenvalue weighted by Gasteiger charge is 2.40. The van der Waals surface area contributed by atoms with E-state index in [1.807, 2.05) is 0 Å². The van der Waals surface area contributed by atoms with Crippen molar-refractivity contribution in [2.45, 2.75) is 42.8 Å². The zero-order valence-electron chi connectivity index (χ0n) is 10.9. The van der Waals surface area contributed by atoms with E-state index in [-0.39, 0.29) is 0 Å². The minimum atomic E-state index is 0.482. The van der Waals surface area contributed by atoms with Gasteiger partial charge in [-0.2, -0.15) is 0 Å². The molecule has 1 saturated heterocycles. The lowest BCUT2D eigenvalue weighted by Crippen LogP contribution is -2.37. The molecule has 98 valence electrons. The Labute approximate surface area is 113 Å². The lowest BCUT2D eigenvalue weighted by Gasteiger charge is -2.19.